The van der Waals surface area contributed by atoms with Gasteiger partial charge in [0.15, 0.2) is 0 Å². The van der Waals surface area contributed by atoms with Gasteiger partial charge in [0.25, 0.3) is 0 Å². The van der Waals surface area contributed by atoms with Crippen molar-refractivity contribution >= 4 is 5.69 Å². The Morgan fingerprint density at radius 2 is 1.80 bits per heavy atom. The molecule has 0 bridgehead atoms. The van der Waals surface area contributed by atoms with Crippen LogP contribution in [0.3, 0.4) is 0 Å². The van der Waals surface area contributed by atoms with Crippen LogP contribution in [-0.4, -0.2) is 0 Å². The summed E-state index contributed by atoms with van der Waals surface area (Å²) in [4.78, 5) is 0. The molecule has 2 aromatic rings. The number of para-hydroxylation sites is 1. The molecular weight excluding hydrogens is 189 g/mol. The lowest BCUT2D eigenvalue weighted by atomic mass is 10.2. The van der Waals surface area contributed by atoms with E-state index in [1.807, 2.05) is 30.3 Å². The van der Waals surface area contributed by atoms with Crippen LogP contribution in [0.4, 0.5) is 10.1 Å². The van der Waals surface area contributed by atoms with Gasteiger partial charge >= 0.3 is 0 Å². The first-order valence-corrected chi connectivity index (χ1v) is 4.79. The third kappa shape index (κ3) is 2.56. The van der Waals surface area contributed by atoms with E-state index in [-0.39, 0.29) is 5.82 Å². The maximum absolute atomic E-state index is 13.2. The van der Waals surface area contributed by atoms with E-state index < -0.39 is 0 Å². The predicted octanol–water partition coefficient (Wildman–Crippen LogP) is 3.24. The minimum atomic E-state index is -0.222. The second-order valence-electron chi connectivity index (χ2n) is 3.24. The van der Waals surface area contributed by atoms with E-state index >= 15 is 0 Å². The zero-order valence-electron chi connectivity index (χ0n) is 8.20. The van der Waals surface area contributed by atoms with Crippen molar-refractivity contribution in [3.05, 3.63) is 66.0 Å². The lowest BCUT2D eigenvalue weighted by Crippen LogP contribution is -2.00. The van der Waals surface area contributed by atoms with Crippen LogP contribution in [0.5, 0.6) is 0 Å². The van der Waals surface area contributed by atoms with E-state index in [1.54, 1.807) is 12.1 Å². The summed E-state index contributed by atoms with van der Waals surface area (Å²) in [5, 5.41) is 3.04. The van der Waals surface area contributed by atoms with Crippen molar-refractivity contribution in [1.82, 2.24) is 0 Å². The Hall–Kier alpha value is -1.83. The highest BCUT2D eigenvalue weighted by molar-refractivity contribution is 5.44. The summed E-state index contributed by atoms with van der Waals surface area (Å²) in [6.45, 7) is 0.621. The number of anilines is 1. The van der Waals surface area contributed by atoms with Crippen LogP contribution in [0.25, 0.3) is 0 Å². The van der Waals surface area contributed by atoms with Gasteiger partial charge in [-0.05, 0) is 23.8 Å². The first kappa shape index (κ1) is 9.71. The van der Waals surface area contributed by atoms with Gasteiger partial charge in [0, 0.05) is 6.54 Å². The maximum atomic E-state index is 13.2. The number of hydrogen-bond donors (Lipinski definition) is 1. The highest BCUT2D eigenvalue weighted by atomic mass is 19.1. The van der Waals surface area contributed by atoms with Gasteiger partial charge in [0.2, 0.25) is 0 Å². The fourth-order valence-electron chi connectivity index (χ4n) is 1.34. The summed E-state index contributed by atoms with van der Waals surface area (Å²) in [5.41, 5.74) is 1.64. The number of hydrogen-bond acceptors (Lipinski definition) is 1. The molecule has 0 unspecified atom stereocenters. The fourth-order valence-corrected chi connectivity index (χ4v) is 1.34. The topological polar surface area (TPSA) is 12.0 Å². The molecule has 0 atom stereocenters. The predicted molar refractivity (Wildman–Crippen MR) is 59.0 cm³/mol. The van der Waals surface area contributed by atoms with Gasteiger partial charge in [-0.1, -0.05) is 36.4 Å². The average Bonchev–Trinajstić information content (AvgIpc) is 2.29. The molecule has 1 N–H and O–H groups in total. The number of rotatable bonds is 3. The molecular formula is C13H11FN. The highest BCUT2D eigenvalue weighted by Crippen LogP contribution is 2.13. The van der Waals surface area contributed by atoms with Crippen LogP contribution in [-0.2, 0) is 6.54 Å². The maximum Gasteiger partial charge on any atom is 0.146 e. The Bertz CT molecular complexity index is 426. The van der Waals surface area contributed by atoms with Gasteiger partial charge in [-0.3, -0.25) is 0 Å². The van der Waals surface area contributed by atoms with Gasteiger partial charge in [0.05, 0.1) is 5.69 Å². The van der Waals surface area contributed by atoms with Crippen molar-refractivity contribution < 1.29 is 4.39 Å². The molecule has 0 spiro atoms. The third-order valence-corrected chi connectivity index (χ3v) is 2.14. The summed E-state index contributed by atoms with van der Waals surface area (Å²) in [7, 11) is 0. The summed E-state index contributed by atoms with van der Waals surface area (Å²) in [6, 6.07) is 17.2. The Balaban J connectivity index is 2.03. The molecule has 0 saturated heterocycles. The van der Waals surface area contributed by atoms with Gasteiger partial charge in [-0.15, -0.1) is 0 Å². The van der Waals surface area contributed by atoms with Crippen molar-refractivity contribution in [2.75, 3.05) is 5.32 Å². The van der Waals surface area contributed by atoms with Gasteiger partial charge < -0.3 is 5.32 Å². The zero-order chi connectivity index (χ0) is 10.5. The van der Waals surface area contributed by atoms with Crippen LogP contribution in [0.2, 0.25) is 0 Å². The van der Waals surface area contributed by atoms with Crippen LogP contribution < -0.4 is 5.32 Å². The Labute approximate surface area is 88.6 Å². The Morgan fingerprint density at radius 1 is 1.07 bits per heavy atom. The van der Waals surface area contributed by atoms with Crippen molar-refractivity contribution in [1.29, 1.82) is 0 Å². The monoisotopic (exact) mass is 200 g/mol. The summed E-state index contributed by atoms with van der Waals surface area (Å²) in [6.07, 6.45) is 0. The lowest BCUT2D eigenvalue weighted by Gasteiger charge is -2.06. The molecule has 1 nitrogen and oxygen atoms in total. The first-order valence-electron chi connectivity index (χ1n) is 4.79. The summed E-state index contributed by atoms with van der Waals surface area (Å²) in [5.74, 6) is -0.222. The van der Waals surface area contributed by atoms with E-state index in [4.69, 9.17) is 0 Å². The van der Waals surface area contributed by atoms with Gasteiger partial charge in [0.1, 0.15) is 5.82 Å². The van der Waals surface area contributed by atoms with E-state index in [2.05, 4.69) is 11.4 Å². The van der Waals surface area contributed by atoms with Crippen molar-refractivity contribution in [3.63, 3.8) is 0 Å². The molecule has 0 aromatic heterocycles. The molecule has 2 rings (SSSR count). The smallest absolute Gasteiger partial charge is 0.146 e. The average molecular weight is 200 g/mol. The largest absolute Gasteiger partial charge is 0.379 e. The van der Waals surface area contributed by atoms with E-state index in [1.165, 1.54) is 6.07 Å². The fraction of sp³-hybridized carbons (Fsp3) is 0.0769. The number of halogens is 1. The molecule has 0 heterocycles. The normalized spacial score (nSPS) is 9.93. The van der Waals surface area contributed by atoms with Crippen molar-refractivity contribution in [2.45, 2.75) is 6.54 Å². The SMILES string of the molecule is Fc1ccccc1NCc1cc[c]cc1. The van der Waals surface area contributed by atoms with Crippen molar-refractivity contribution in [2.24, 2.45) is 0 Å². The zero-order valence-corrected chi connectivity index (χ0v) is 8.20. The van der Waals surface area contributed by atoms with Crippen LogP contribution in [0.15, 0.2) is 48.5 Å². The Morgan fingerprint density at radius 3 is 2.53 bits per heavy atom. The van der Waals surface area contributed by atoms with Crippen LogP contribution in [0.1, 0.15) is 5.56 Å². The lowest BCUT2D eigenvalue weighted by molar-refractivity contribution is 0.630. The molecule has 0 aliphatic heterocycles. The van der Waals surface area contributed by atoms with Gasteiger partial charge in [-0.2, -0.15) is 0 Å². The molecule has 2 heteroatoms. The molecule has 0 fully saturated rings. The molecule has 0 aliphatic carbocycles. The Kier molecular flexibility index (Phi) is 2.98. The summed E-state index contributed by atoms with van der Waals surface area (Å²) < 4.78 is 13.2. The molecule has 0 amide bonds. The molecule has 15 heavy (non-hydrogen) atoms. The first-order chi connectivity index (χ1) is 7.36. The van der Waals surface area contributed by atoms with Crippen LogP contribution in [0, 0.1) is 11.9 Å². The number of nitrogens with one attached hydrogen (secondary N) is 1. The standard InChI is InChI=1S/C13H11FN/c14-12-8-4-5-9-13(12)15-10-11-6-2-1-3-7-11/h2-9,15H,10H2. The minimum Gasteiger partial charge on any atom is -0.379 e. The summed E-state index contributed by atoms with van der Waals surface area (Å²) >= 11 is 0. The van der Waals surface area contributed by atoms with E-state index in [0.29, 0.717) is 12.2 Å². The van der Waals surface area contributed by atoms with E-state index in [9.17, 15) is 4.39 Å². The molecule has 1 radical (unpaired) electrons. The van der Waals surface area contributed by atoms with Crippen LogP contribution >= 0.6 is 0 Å². The minimum absolute atomic E-state index is 0.222. The molecule has 2 aromatic carbocycles. The second-order valence-corrected chi connectivity index (χ2v) is 3.24. The number of benzene rings is 2. The molecule has 75 valence electrons. The third-order valence-electron chi connectivity index (χ3n) is 2.14. The second kappa shape index (κ2) is 4.60. The molecule has 0 saturated carbocycles. The van der Waals surface area contributed by atoms with Gasteiger partial charge in [-0.25, -0.2) is 4.39 Å². The van der Waals surface area contributed by atoms with Crippen molar-refractivity contribution in [3.8, 4) is 0 Å². The molecule has 0 aliphatic rings. The van der Waals surface area contributed by atoms with E-state index in [0.717, 1.165) is 5.56 Å². The highest BCUT2D eigenvalue weighted by Gasteiger charge is 1.98. The quantitative estimate of drug-likeness (QED) is 0.802.